The van der Waals surface area contributed by atoms with Gasteiger partial charge in [-0.15, -0.1) is 0 Å². The quantitative estimate of drug-likeness (QED) is 0.460. The molecule has 3 N–H and O–H groups in total. The van der Waals surface area contributed by atoms with Crippen LogP contribution in [0.5, 0.6) is 5.75 Å². The fraction of sp³-hybridized carbons (Fsp3) is 0.261. The minimum absolute atomic E-state index is 0.677. The van der Waals surface area contributed by atoms with Crippen LogP contribution in [0.2, 0.25) is 0 Å². The van der Waals surface area contributed by atoms with E-state index >= 15 is 0 Å². The lowest BCUT2D eigenvalue weighted by Crippen LogP contribution is -2.27. The monoisotopic (exact) mass is 400 g/mol. The van der Waals surface area contributed by atoms with Crippen LogP contribution < -0.4 is 15.4 Å². The van der Waals surface area contributed by atoms with Gasteiger partial charge in [0.05, 0.1) is 19.0 Å². The Labute approximate surface area is 174 Å². The van der Waals surface area contributed by atoms with Gasteiger partial charge in [-0.1, -0.05) is 18.2 Å². The Bertz CT molecular complexity index is 1190. The molecule has 0 unspecified atom stereocenters. The van der Waals surface area contributed by atoms with E-state index in [1.165, 1.54) is 16.5 Å². The number of hydrogen-bond acceptors (Lipinski definition) is 6. The van der Waals surface area contributed by atoms with Crippen LogP contribution >= 0.6 is 0 Å². The minimum atomic E-state index is 0.677. The van der Waals surface area contributed by atoms with Gasteiger partial charge in [-0.05, 0) is 24.1 Å². The first kappa shape index (κ1) is 18.6. The fourth-order valence-electron chi connectivity index (χ4n) is 3.93. The van der Waals surface area contributed by atoms with E-state index in [1.807, 2.05) is 6.07 Å². The van der Waals surface area contributed by atoms with Gasteiger partial charge in [0.2, 0.25) is 0 Å². The summed E-state index contributed by atoms with van der Waals surface area (Å²) in [7, 11) is 1.64. The standard InChI is InChI=1S/C23H24N6O/c1-30-17-10-16(11-25-13-17)22-28-21-7-8-24-14-19(21)23(29-22)26-9-6-15-12-27-20-5-3-2-4-18(15)20/h2-5,10-13,24,27H,6-9,14H2,1H3,(H,26,28,29). The van der Waals surface area contributed by atoms with Crippen LogP contribution in [0.1, 0.15) is 16.8 Å². The molecule has 0 aliphatic carbocycles. The minimum Gasteiger partial charge on any atom is -0.495 e. The zero-order valence-electron chi connectivity index (χ0n) is 16.9. The molecule has 0 fully saturated rings. The molecule has 0 radical (unpaired) electrons. The highest BCUT2D eigenvalue weighted by atomic mass is 16.5. The van der Waals surface area contributed by atoms with E-state index in [0.717, 1.165) is 55.1 Å². The van der Waals surface area contributed by atoms with E-state index in [4.69, 9.17) is 14.7 Å². The summed E-state index contributed by atoms with van der Waals surface area (Å²) in [5.74, 6) is 2.27. The van der Waals surface area contributed by atoms with E-state index in [2.05, 4.69) is 51.1 Å². The van der Waals surface area contributed by atoms with Gasteiger partial charge in [0, 0.05) is 60.5 Å². The van der Waals surface area contributed by atoms with Crippen LogP contribution in [0.25, 0.3) is 22.3 Å². The van der Waals surface area contributed by atoms with Gasteiger partial charge in [0.15, 0.2) is 5.82 Å². The summed E-state index contributed by atoms with van der Waals surface area (Å²) >= 11 is 0. The molecule has 7 nitrogen and oxygen atoms in total. The van der Waals surface area contributed by atoms with Crippen LogP contribution in [0, 0.1) is 0 Å². The molecule has 3 aromatic heterocycles. The summed E-state index contributed by atoms with van der Waals surface area (Å²) in [4.78, 5) is 17.3. The van der Waals surface area contributed by atoms with E-state index in [-0.39, 0.29) is 0 Å². The Kier molecular flexibility index (Phi) is 5.03. The van der Waals surface area contributed by atoms with Crippen molar-refractivity contribution in [3.8, 4) is 17.1 Å². The zero-order chi connectivity index (χ0) is 20.3. The molecule has 4 aromatic rings. The van der Waals surface area contributed by atoms with Crippen molar-refractivity contribution in [2.24, 2.45) is 0 Å². The number of nitrogens with zero attached hydrogens (tertiary/aromatic N) is 3. The average molecular weight is 400 g/mol. The van der Waals surface area contributed by atoms with Crippen molar-refractivity contribution in [1.29, 1.82) is 0 Å². The van der Waals surface area contributed by atoms with E-state index in [9.17, 15) is 0 Å². The highest BCUT2D eigenvalue weighted by molar-refractivity contribution is 5.83. The molecular weight excluding hydrogens is 376 g/mol. The molecule has 0 amide bonds. The predicted molar refractivity (Wildman–Crippen MR) is 118 cm³/mol. The molecule has 1 aromatic carbocycles. The second-order valence-corrected chi connectivity index (χ2v) is 7.40. The fourth-order valence-corrected chi connectivity index (χ4v) is 3.93. The molecule has 30 heavy (non-hydrogen) atoms. The van der Waals surface area contributed by atoms with Gasteiger partial charge in [-0.2, -0.15) is 0 Å². The lowest BCUT2D eigenvalue weighted by molar-refractivity contribution is 0.413. The number of methoxy groups -OCH3 is 1. The van der Waals surface area contributed by atoms with Crippen molar-refractivity contribution in [1.82, 2.24) is 25.3 Å². The Morgan fingerprint density at radius 2 is 2.10 bits per heavy atom. The highest BCUT2D eigenvalue weighted by Gasteiger charge is 2.18. The van der Waals surface area contributed by atoms with Crippen LogP contribution in [0.3, 0.4) is 0 Å². The summed E-state index contributed by atoms with van der Waals surface area (Å²) in [6.07, 6.45) is 7.36. The van der Waals surface area contributed by atoms with Crippen molar-refractivity contribution in [3.63, 3.8) is 0 Å². The smallest absolute Gasteiger partial charge is 0.163 e. The third-order valence-electron chi connectivity index (χ3n) is 5.50. The SMILES string of the molecule is COc1cncc(-c2nc3c(c(NCCc4c[nH]c5ccccc45)n2)CNCC3)c1. The van der Waals surface area contributed by atoms with E-state index in [0.29, 0.717) is 11.6 Å². The normalized spacial score (nSPS) is 13.2. The lowest BCUT2D eigenvalue weighted by Gasteiger charge is -2.21. The van der Waals surface area contributed by atoms with Crippen molar-refractivity contribution >= 4 is 16.7 Å². The average Bonchev–Trinajstić information content (AvgIpc) is 3.22. The van der Waals surface area contributed by atoms with Gasteiger partial charge in [0.1, 0.15) is 11.6 Å². The summed E-state index contributed by atoms with van der Waals surface area (Å²) in [6.45, 7) is 2.50. The number of rotatable bonds is 6. The first-order chi connectivity index (χ1) is 14.8. The summed E-state index contributed by atoms with van der Waals surface area (Å²) in [6, 6.07) is 10.3. The van der Waals surface area contributed by atoms with Crippen LogP contribution in [0.15, 0.2) is 48.9 Å². The molecule has 1 aliphatic rings. The van der Waals surface area contributed by atoms with E-state index < -0.39 is 0 Å². The number of ether oxygens (including phenoxy) is 1. The van der Waals surface area contributed by atoms with Crippen LogP contribution in [-0.2, 0) is 19.4 Å². The summed E-state index contributed by atoms with van der Waals surface area (Å²) < 4.78 is 5.31. The highest BCUT2D eigenvalue weighted by Crippen LogP contribution is 2.26. The number of nitrogens with one attached hydrogen (secondary N) is 3. The Hall–Kier alpha value is -3.45. The first-order valence-electron chi connectivity index (χ1n) is 10.2. The molecule has 1 aliphatic heterocycles. The Morgan fingerprint density at radius 1 is 1.17 bits per heavy atom. The van der Waals surface area contributed by atoms with Gasteiger partial charge < -0.3 is 20.4 Å². The molecule has 7 heteroatoms. The summed E-state index contributed by atoms with van der Waals surface area (Å²) in [5.41, 5.74) is 5.58. The number of hydrogen-bond donors (Lipinski definition) is 3. The topological polar surface area (TPSA) is 87.8 Å². The van der Waals surface area contributed by atoms with Crippen molar-refractivity contribution in [2.45, 2.75) is 19.4 Å². The molecular formula is C23H24N6O. The molecule has 152 valence electrons. The number of anilines is 1. The molecule has 4 heterocycles. The number of aromatic amines is 1. The summed E-state index contributed by atoms with van der Waals surface area (Å²) in [5, 5.41) is 8.26. The lowest BCUT2D eigenvalue weighted by atomic mass is 10.1. The number of fused-ring (bicyclic) bond motifs is 2. The molecule has 0 bridgehead atoms. The maximum Gasteiger partial charge on any atom is 0.163 e. The number of para-hydroxylation sites is 1. The second kappa shape index (κ2) is 8.12. The maximum atomic E-state index is 5.31. The van der Waals surface area contributed by atoms with Crippen molar-refractivity contribution < 1.29 is 4.74 Å². The van der Waals surface area contributed by atoms with Gasteiger partial charge in [-0.3, -0.25) is 4.98 Å². The second-order valence-electron chi connectivity index (χ2n) is 7.40. The largest absolute Gasteiger partial charge is 0.495 e. The molecule has 0 saturated carbocycles. The third kappa shape index (κ3) is 3.59. The van der Waals surface area contributed by atoms with Crippen LogP contribution in [-0.4, -0.2) is 40.1 Å². The Morgan fingerprint density at radius 3 is 3.03 bits per heavy atom. The number of pyridine rings is 1. The maximum absolute atomic E-state index is 5.31. The third-order valence-corrected chi connectivity index (χ3v) is 5.50. The number of aromatic nitrogens is 4. The molecule has 0 spiro atoms. The van der Waals surface area contributed by atoms with Gasteiger partial charge >= 0.3 is 0 Å². The van der Waals surface area contributed by atoms with Gasteiger partial charge in [-0.25, -0.2) is 9.97 Å². The number of benzene rings is 1. The van der Waals surface area contributed by atoms with Gasteiger partial charge in [0.25, 0.3) is 0 Å². The van der Waals surface area contributed by atoms with Crippen molar-refractivity contribution in [2.75, 3.05) is 25.5 Å². The molecule has 0 atom stereocenters. The Balaban J connectivity index is 1.41. The van der Waals surface area contributed by atoms with Crippen LogP contribution in [0.4, 0.5) is 5.82 Å². The number of H-pyrrole nitrogens is 1. The predicted octanol–water partition coefficient (Wildman–Crippen LogP) is 3.33. The molecule has 0 saturated heterocycles. The molecule has 5 rings (SSSR count). The first-order valence-corrected chi connectivity index (χ1v) is 10.2. The van der Waals surface area contributed by atoms with Crippen molar-refractivity contribution in [3.05, 3.63) is 65.7 Å². The zero-order valence-corrected chi connectivity index (χ0v) is 16.9. The van der Waals surface area contributed by atoms with E-state index in [1.54, 1.807) is 19.5 Å².